The Morgan fingerprint density at radius 3 is 2.19 bits per heavy atom. The predicted molar refractivity (Wildman–Crippen MR) is 77.3 cm³/mol. The molecule has 0 aliphatic heterocycles. The number of hydrogen-bond donors (Lipinski definition) is 1. The number of aromatic nitrogens is 2. The van der Waals surface area contributed by atoms with Crippen molar-refractivity contribution in [3.63, 3.8) is 0 Å². The van der Waals surface area contributed by atoms with Crippen LogP contribution < -0.4 is 5.32 Å². The number of nitrogens with one attached hydrogen (secondary N) is 1. The van der Waals surface area contributed by atoms with Crippen LogP contribution in [-0.2, 0) is 4.74 Å². The lowest BCUT2D eigenvalue weighted by atomic mass is 10.2. The highest BCUT2D eigenvalue weighted by Crippen LogP contribution is 2.17. The van der Waals surface area contributed by atoms with Crippen LogP contribution in [0.15, 0.2) is 36.7 Å². The number of pyridine rings is 2. The Morgan fingerprint density at radius 1 is 1.10 bits per heavy atom. The summed E-state index contributed by atoms with van der Waals surface area (Å²) in [5.74, 6) is -0.401. The molecule has 0 aliphatic rings. The van der Waals surface area contributed by atoms with Crippen molar-refractivity contribution >= 4 is 11.8 Å². The molecule has 1 amide bonds. The van der Waals surface area contributed by atoms with Gasteiger partial charge in [-0.1, -0.05) is 0 Å². The van der Waals surface area contributed by atoms with Gasteiger partial charge in [-0.25, -0.2) is 9.18 Å². The first-order valence-electron chi connectivity index (χ1n) is 6.41. The third-order valence-electron chi connectivity index (χ3n) is 2.40. The molecule has 110 valence electrons. The summed E-state index contributed by atoms with van der Waals surface area (Å²) in [6.07, 6.45) is 2.07. The number of carbonyl (C=O) groups excluding carboxylic acids is 1. The van der Waals surface area contributed by atoms with Crippen molar-refractivity contribution in [2.45, 2.75) is 26.4 Å². The SMILES string of the molecule is CC(C)(C)OC(=O)Nc1ccc(-c2ccc(F)cn2)nc1. The average Bonchev–Trinajstić information content (AvgIpc) is 2.38. The molecule has 0 spiro atoms. The summed E-state index contributed by atoms with van der Waals surface area (Å²) in [5, 5.41) is 2.58. The molecule has 0 aliphatic carbocycles. The van der Waals surface area contributed by atoms with E-state index in [1.165, 1.54) is 12.3 Å². The number of nitrogens with zero attached hydrogens (tertiary/aromatic N) is 2. The summed E-state index contributed by atoms with van der Waals surface area (Å²) in [7, 11) is 0. The fourth-order valence-corrected chi connectivity index (χ4v) is 1.57. The smallest absolute Gasteiger partial charge is 0.412 e. The van der Waals surface area contributed by atoms with Gasteiger partial charge in [0.2, 0.25) is 0 Å². The van der Waals surface area contributed by atoms with Crippen LogP contribution in [0.25, 0.3) is 11.4 Å². The van der Waals surface area contributed by atoms with Crippen LogP contribution in [0, 0.1) is 5.82 Å². The van der Waals surface area contributed by atoms with Gasteiger partial charge in [0.25, 0.3) is 0 Å². The third kappa shape index (κ3) is 4.52. The highest BCUT2D eigenvalue weighted by atomic mass is 19.1. The van der Waals surface area contributed by atoms with Gasteiger partial charge in [-0.05, 0) is 45.0 Å². The van der Waals surface area contributed by atoms with Crippen LogP contribution in [0.1, 0.15) is 20.8 Å². The second-order valence-corrected chi connectivity index (χ2v) is 5.42. The summed E-state index contributed by atoms with van der Waals surface area (Å²) in [5.41, 5.74) is 1.09. The number of ether oxygens (including phenoxy) is 1. The molecule has 2 rings (SSSR count). The van der Waals surface area contributed by atoms with E-state index in [1.54, 1.807) is 39.0 Å². The van der Waals surface area contributed by atoms with E-state index in [0.717, 1.165) is 6.20 Å². The second kappa shape index (κ2) is 5.87. The lowest BCUT2D eigenvalue weighted by molar-refractivity contribution is 0.0636. The Kier molecular flexibility index (Phi) is 4.16. The first-order chi connectivity index (χ1) is 9.83. The van der Waals surface area contributed by atoms with Crippen LogP contribution in [0.5, 0.6) is 0 Å². The molecule has 0 atom stereocenters. The van der Waals surface area contributed by atoms with Crippen molar-refractivity contribution in [1.82, 2.24) is 9.97 Å². The van der Waals surface area contributed by atoms with Gasteiger partial charge < -0.3 is 4.74 Å². The number of halogens is 1. The van der Waals surface area contributed by atoms with Crippen molar-refractivity contribution in [3.05, 3.63) is 42.5 Å². The Labute approximate surface area is 122 Å². The zero-order valence-corrected chi connectivity index (χ0v) is 12.1. The maximum Gasteiger partial charge on any atom is 0.412 e. The molecular weight excluding hydrogens is 273 g/mol. The number of carbonyl (C=O) groups is 1. The zero-order chi connectivity index (χ0) is 15.5. The normalized spacial score (nSPS) is 11.0. The number of rotatable bonds is 2. The minimum atomic E-state index is -0.560. The monoisotopic (exact) mass is 289 g/mol. The molecule has 5 nitrogen and oxygen atoms in total. The van der Waals surface area contributed by atoms with Crippen molar-refractivity contribution in [3.8, 4) is 11.4 Å². The molecule has 2 aromatic rings. The van der Waals surface area contributed by atoms with Gasteiger partial charge in [0.15, 0.2) is 0 Å². The Morgan fingerprint density at radius 2 is 1.71 bits per heavy atom. The zero-order valence-electron chi connectivity index (χ0n) is 12.1. The highest BCUT2D eigenvalue weighted by Gasteiger charge is 2.16. The van der Waals surface area contributed by atoms with Crippen molar-refractivity contribution in [2.24, 2.45) is 0 Å². The van der Waals surface area contributed by atoms with E-state index in [9.17, 15) is 9.18 Å². The van der Waals surface area contributed by atoms with E-state index < -0.39 is 17.5 Å². The standard InChI is InChI=1S/C15H16FN3O2/c1-15(2,3)21-14(20)19-11-5-7-13(18-9-11)12-6-4-10(16)8-17-12/h4-9H,1-3H3,(H,19,20). The molecular formula is C15H16FN3O2. The molecule has 0 unspecified atom stereocenters. The quantitative estimate of drug-likeness (QED) is 0.917. The van der Waals surface area contributed by atoms with Gasteiger partial charge in [0.05, 0.1) is 29.5 Å². The Hall–Kier alpha value is -2.50. The number of hydrogen-bond acceptors (Lipinski definition) is 4. The van der Waals surface area contributed by atoms with Gasteiger partial charge in [0.1, 0.15) is 11.4 Å². The van der Waals surface area contributed by atoms with Crippen LogP contribution in [0.3, 0.4) is 0 Å². The van der Waals surface area contributed by atoms with Crippen LogP contribution in [-0.4, -0.2) is 21.7 Å². The minimum absolute atomic E-state index is 0.401. The van der Waals surface area contributed by atoms with E-state index in [2.05, 4.69) is 15.3 Å². The van der Waals surface area contributed by atoms with Gasteiger partial charge >= 0.3 is 6.09 Å². The van der Waals surface area contributed by atoms with Gasteiger partial charge in [-0.15, -0.1) is 0 Å². The molecule has 2 aromatic heterocycles. The van der Waals surface area contributed by atoms with Crippen molar-refractivity contribution in [1.29, 1.82) is 0 Å². The molecule has 0 radical (unpaired) electrons. The average molecular weight is 289 g/mol. The molecule has 1 N–H and O–H groups in total. The summed E-state index contributed by atoms with van der Waals surface area (Å²) < 4.78 is 17.9. The molecule has 0 saturated heterocycles. The van der Waals surface area contributed by atoms with E-state index in [0.29, 0.717) is 17.1 Å². The fourth-order valence-electron chi connectivity index (χ4n) is 1.57. The Balaban J connectivity index is 2.05. The fraction of sp³-hybridized carbons (Fsp3) is 0.267. The topological polar surface area (TPSA) is 64.1 Å². The maximum absolute atomic E-state index is 12.8. The lowest BCUT2D eigenvalue weighted by Gasteiger charge is -2.19. The number of amides is 1. The summed E-state index contributed by atoms with van der Waals surface area (Å²) in [6.45, 7) is 5.36. The van der Waals surface area contributed by atoms with E-state index in [1.807, 2.05) is 0 Å². The molecule has 21 heavy (non-hydrogen) atoms. The van der Waals surface area contributed by atoms with E-state index in [4.69, 9.17) is 4.74 Å². The van der Waals surface area contributed by atoms with Crippen molar-refractivity contribution in [2.75, 3.05) is 5.32 Å². The first kappa shape index (κ1) is 14.9. The molecule has 6 heteroatoms. The first-order valence-corrected chi connectivity index (χ1v) is 6.41. The van der Waals surface area contributed by atoms with Crippen LogP contribution >= 0.6 is 0 Å². The highest BCUT2D eigenvalue weighted by molar-refractivity contribution is 5.84. The second-order valence-electron chi connectivity index (χ2n) is 5.42. The third-order valence-corrected chi connectivity index (χ3v) is 2.40. The van der Waals surface area contributed by atoms with E-state index in [-0.39, 0.29) is 0 Å². The van der Waals surface area contributed by atoms with Crippen LogP contribution in [0.4, 0.5) is 14.9 Å². The molecule has 2 heterocycles. The van der Waals surface area contributed by atoms with E-state index >= 15 is 0 Å². The van der Waals surface area contributed by atoms with Gasteiger partial charge in [-0.2, -0.15) is 0 Å². The molecule has 0 aromatic carbocycles. The van der Waals surface area contributed by atoms with Gasteiger partial charge in [0, 0.05) is 0 Å². The lowest BCUT2D eigenvalue weighted by Crippen LogP contribution is -2.27. The largest absolute Gasteiger partial charge is 0.444 e. The molecule has 0 bridgehead atoms. The van der Waals surface area contributed by atoms with Crippen molar-refractivity contribution < 1.29 is 13.9 Å². The summed E-state index contributed by atoms with van der Waals surface area (Å²) >= 11 is 0. The summed E-state index contributed by atoms with van der Waals surface area (Å²) in [6, 6.07) is 6.22. The number of anilines is 1. The molecule has 0 fully saturated rings. The minimum Gasteiger partial charge on any atom is -0.444 e. The predicted octanol–water partition coefficient (Wildman–Crippen LogP) is 3.63. The maximum atomic E-state index is 12.8. The molecule has 0 saturated carbocycles. The summed E-state index contributed by atoms with van der Waals surface area (Å²) in [4.78, 5) is 19.7. The Bertz CT molecular complexity index is 619. The van der Waals surface area contributed by atoms with Crippen LogP contribution in [0.2, 0.25) is 0 Å². The van der Waals surface area contributed by atoms with Gasteiger partial charge in [-0.3, -0.25) is 15.3 Å².